The molecule has 4 heteroatoms. The lowest BCUT2D eigenvalue weighted by molar-refractivity contribution is -0.151. The second-order valence-electron chi connectivity index (χ2n) is 8.09. The number of benzene rings is 1. The number of carbonyl (C=O) groups is 2. The first kappa shape index (κ1) is 16.6. The van der Waals surface area contributed by atoms with E-state index in [0.717, 1.165) is 44.9 Å². The number of carboxylic acid groups (broad SMARTS) is 1. The molecule has 1 aliphatic heterocycles. The predicted molar refractivity (Wildman–Crippen MR) is 95.1 cm³/mol. The number of nitrogens with zero attached hydrogens (tertiary/aromatic N) is 1. The number of likely N-dealkylation sites (tertiary alicyclic amines) is 1. The molecule has 0 spiro atoms. The molecule has 0 bridgehead atoms. The lowest BCUT2D eigenvalue weighted by Crippen LogP contribution is -2.46. The van der Waals surface area contributed by atoms with E-state index in [2.05, 4.69) is 24.3 Å². The van der Waals surface area contributed by atoms with Crippen LogP contribution in [0, 0.1) is 17.8 Å². The van der Waals surface area contributed by atoms with Gasteiger partial charge in [-0.25, -0.2) is 4.79 Å². The van der Waals surface area contributed by atoms with Crippen LogP contribution in [0.25, 0.3) is 0 Å². The van der Waals surface area contributed by atoms with E-state index in [1.165, 1.54) is 5.56 Å². The Bertz CT molecular complexity index is 636. The Kier molecular flexibility index (Phi) is 4.53. The molecule has 1 aromatic carbocycles. The van der Waals surface area contributed by atoms with E-state index in [1.807, 2.05) is 6.07 Å². The summed E-state index contributed by atoms with van der Waals surface area (Å²) in [7, 11) is 0. The van der Waals surface area contributed by atoms with Gasteiger partial charge in [0.2, 0.25) is 5.91 Å². The molecule has 4 nitrogen and oxygen atoms in total. The number of amides is 1. The molecule has 3 atom stereocenters. The molecule has 0 aromatic heterocycles. The van der Waals surface area contributed by atoms with Crippen molar-refractivity contribution in [2.45, 2.75) is 56.9 Å². The molecule has 3 fully saturated rings. The zero-order valence-electron chi connectivity index (χ0n) is 14.6. The molecule has 1 N–H and O–H groups in total. The molecule has 2 saturated carbocycles. The third kappa shape index (κ3) is 3.07. The lowest BCUT2D eigenvalue weighted by atomic mass is 9.78. The zero-order valence-corrected chi connectivity index (χ0v) is 14.6. The van der Waals surface area contributed by atoms with Crippen molar-refractivity contribution in [3.05, 3.63) is 35.9 Å². The maximum atomic E-state index is 13.1. The van der Waals surface area contributed by atoms with Gasteiger partial charge in [0.05, 0.1) is 0 Å². The molecule has 0 radical (unpaired) electrons. The summed E-state index contributed by atoms with van der Waals surface area (Å²) in [6.07, 6.45) is 6.99. The monoisotopic (exact) mass is 341 g/mol. The Morgan fingerprint density at radius 2 is 1.68 bits per heavy atom. The van der Waals surface area contributed by atoms with E-state index >= 15 is 0 Å². The highest BCUT2D eigenvalue weighted by molar-refractivity contribution is 5.86. The van der Waals surface area contributed by atoms with Gasteiger partial charge >= 0.3 is 5.97 Å². The number of rotatable bonds is 3. The normalized spacial score (nSPS) is 34.7. The fourth-order valence-electron chi connectivity index (χ4n) is 5.48. The number of hydrogen-bond donors (Lipinski definition) is 1. The average molecular weight is 341 g/mol. The van der Waals surface area contributed by atoms with Crippen molar-refractivity contribution in [3.8, 4) is 0 Å². The van der Waals surface area contributed by atoms with Crippen LogP contribution in [-0.2, 0) is 9.59 Å². The molecule has 3 aliphatic rings. The van der Waals surface area contributed by atoms with Gasteiger partial charge in [-0.2, -0.15) is 0 Å². The number of fused-ring (bicyclic) bond motifs is 1. The van der Waals surface area contributed by atoms with Crippen molar-refractivity contribution in [1.29, 1.82) is 0 Å². The summed E-state index contributed by atoms with van der Waals surface area (Å²) in [5, 5.41) is 9.67. The summed E-state index contributed by atoms with van der Waals surface area (Å²) in [4.78, 5) is 26.6. The topological polar surface area (TPSA) is 57.6 Å². The van der Waals surface area contributed by atoms with Gasteiger partial charge in [0.25, 0.3) is 0 Å². The molecular formula is C21H27NO3. The number of hydrogen-bond acceptors (Lipinski definition) is 2. The van der Waals surface area contributed by atoms with Crippen molar-refractivity contribution >= 4 is 11.9 Å². The lowest BCUT2D eigenvalue weighted by Gasteiger charge is -2.33. The van der Waals surface area contributed by atoms with Gasteiger partial charge in [-0.3, -0.25) is 4.79 Å². The predicted octanol–water partition coefficient (Wildman–Crippen LogP) is 3.67. The van der Waals surface area contributed by atoms with E-state index in [1.54, 1.807) is 4.90 Å². The first-order chi connectivity index (χ1) is 12.1. The van der Waals surface area contributed by atoms with Crippen LogP contribution in [0.5, 0.6) is 0 Å². The summed E-state index contributed by atoms with van der Waals surface area (Å²) in [6.45, 7) is 0.666. The van der Waals surface area contributed by atoms with Crippen LogP contribution >= 0.6 is 0 Å². The molecule has 1 aromatic rings. The third-order valence-electron chi connectivity index (χ3n) is 6.77. The van der Waals surface area contributed by atoms with Gasteiger partial charge in [0.15, 0.2) is 0 Å². The highest BCUT2D eigenvalue weighted by Crippen LogP contribution is 2.44. The Balaban J connectivity index is 1.41. The Hall–Kier alpha value is -1.84. The average Bonchev–Trinajstić information content (AvgIpc) is 3.22. The highest BCUT2D eigenvalue weighted by atomic mass is 16.4. The molecule has 1 saturated heterocycles. The smallest absolute Gasteiger partial charge is 0.326 e. The molecular weight excluding hydrogens is 314 g/mol. The van der Waals surface area contributed by atoms with Crippen molar-refractivity contribution in [1.82, 2.24) is 4.90 Å². The molecule has 1 amide bonds. The minimum atomic E-state index is -0.805. The molecule has 2 aliphatic carbocycles. The van der Waals surface area contributed by atoms with Gasteiger partial charge in [-0.05, 0) is 61.8 Å². The van der Waals surface area contributed by atoms with E-state index in [4.69, 9.17) is 0 Å². The van der Waals surface area contributed by atoms with E-state index in [9.17, 15) is 14.7 Å². The van der Waals surface area contributed by atoms with E-state index in [0.29, 0.717) is 18.4 Å². The highest BCUT2D eigenvalue weighted by Gasteiger charge is 2.50. The molecule has 4 rings (SSSR count). The Morgan fingerprint density at radius 3 is 2.36 bits per heavy atom. The van der Waals surface area contributed by atoms with Crippen LogP contribution in [-0.4, -0.2) is 34.5 Å². The first-order valence-corrected chi connectivity index (χ1v) is 9.73. The van der Waals surface area contributed by atoms with Gasteiger partial charge < -0.3 is 10.0 Å². The minimum Gasteiger partial charge on any atom is -0.480 e. The second kappa shape index (κ2) is 6.81. The van der Waals surface area contributed by atoms with Crippen LogP contribution in [0.1, 0.15) is 56.4 Å². The van der Waals surface area contributed by atoms with E-state index < -0.39 is 12.0 Å². The quantitative estimate of drug-likeness (QED) is 0.912. The van der Waals surface area contributed by atoms with Gasteiger partial charge in [0, 0.05) is 12.5 Å². The molecule has 1 heterocycles. The second-order valence-corrected chi connectivity index (χ2v) is 8.09. The molecule has 3 unspecified atom stereocenters. The SMILES string of the molecule is O=C(O)C1C2CCCC2CN1C(=O)C1CCC(c2ccccc2)CC1. The number of carbonyl (C=O) groups excluding carboxylic acids is 1. The van der Waals surface area contributed by atoms with Crippen LogP contribution in [0.4, 0.5) is 0 Å². The Morgan fingerprint density at radius 1 is 0.960 bits per heavy atom. The summed E-state index contributed by atoms with van der Waals surface area (Å²) < 4.78 is 0. The van der Waals surface area contributed by atoms with Crippen LogP contribution < -0.4 is 0 Å². The fraction of sp³-hybridized carbons (Fsp3) is 0.619. The first-order valence-electron chi connectivity index (χ1n) is 9.73. The summed E-state index contributed by atoms with van der Waals surface area (Å²) in [5.41, 5.74) is 1.37. The van der Waals surface area contributed by atoms with Crippen LogP contribution in [0.3, 0.4) is 0 Å². The minimum absolute atomic E-state index is 0.0145. The van der Waals surface area contributed by atoms with E-state index in [-0.39, 0.29) is 17.7 Å². The maximum absolute atomic E-state index is 13.1. The summed E-state index contributed by atoms with van der Waals surface area (Å²) in [6, 6.07) is 9.96. The van der Waals surface area contributed by atoms with Crippen molar-refractivity contribution < 1.29 is 14.7 Å². The van der Waals surface area contributed by atoms with Crippen LogP contribution in [0.15, 0.2) is 30.3 Å². The Labute approximate surface area is 149 Å². The van der Waals surface area contributed by atoms with Gasteiger partial charge in [-0.1, -0.05) is 36.8 Å². The third-order valence-corrected chi connectivity index (χ3v) is 6.77. The van der Waals surface area contributed by atoms with Crippen molar-refractivity contribution in [2.75, 3.05) is 6.54 Å². The number of aliphatic carboxylic acids is 1. The van der Waals surface area contributed by atoms with Crippen molar-refractivity contribution in [3.63, 3.8) is 0 Å². The largest absolute Gasteiger partial charge is 0.480 e. The molecule has 134 valence electrons. The number of carboxylic acids is 1. The van der Waals surface area contributed by atoms with Crippen molar-refractivity contribution in [2.24, 2.45) is 17.8 Å². The molecule has 25 heavy (non-hydrogen) atoms. The van der Waals surface area contributed by atoms with Gasteiger partial charge in [0.1, 0.15) is 6.04 Å². The maximum Gasteiger partial charge on any atom is 0.326 e. The fourth-order valence-corrected chi connectivity index (χ4v) is 5.48. The standard InChI is InChI=1S/C21H27NO3/c23-20(22-13-17-7-4-8-18(17)19(22)21(24)25)16-11-9-15(10-12-16)14-5-2-1-3-6-14/h1-3,5-6,15-19H,4,7-13H2,(H,24,25). The summed E-state index contributed by atoms with van der Waals surface area (Å²) >= 11 is 0. The van der Waals surface area contributed by atoms with Crippen LogP contribution in [0.2, 0.25) is 0 Å². The van der Waals surface area contributed by atoms with Gasteiger partial charge in [-0.15, -0.1) is 0 Å². The zero-order chi connectivity index (χ0) is 17.4. The summed E-state index contributed by atoms with van der Waals surface area (Å²) in [5.74, 6) is 0.445.